The third-order valence-corrected chi connectivity index (χ3v) is 4.73. The number of thiophene rings is 1. The molecule has 1 aliphatic heterocycles. The van der Waals surface area contributed by atoms with Gasteiger partial charge in [-0.3, -0.25) is 9.59 Å². The number of rotatable bonds is 6. The summed E-state index contributed by atoms with van der Waals surface area (Å²) in [6.45, 7) is 2.99. The normalized spacial score (nSPS) is 14.0. The largest absolute Gasteiger partial charge is 0.486 e. The molecule has 0 aliphatic carbocycles. The number of nitrogens with one attached hydrogen (secondary N) is 1. The van der Waals surface area contributed by atoms with Crippen molar-refractivity contribution in [1.29, 1.82) is 0 Å². The second kappa shape index (κ2) is 7.49. The maximum atomic E-state index is 12.1. The van der Waals surface area contributed by atoms with E-state index in [4.69, 9.17) is 9.47 Å². The van der Waals surface area contributed by atoms with Gasteiger partial charge in [0.05, 0.1) is 10.9 Å². The predicted octanol–water partition coefficient (Wildman–Crippen LogP) is 3.36. The zero-order chi connectivity index (χ0) is 16.9. The minimum atomic E-state index is -0.162. The molecule has 1 unspecified atom stereocenters. The number of benzene rings is 1. The number of ether oxygens (including phenoxy) is 2. The lowest BCUT2D eigenvalue weighted by Crippen LogP contribution is -2.27. The standard InChI is InChI=1S/C18H19NO4S/c1-12(13-4-6-15-16(11-13)23-9-8-22-15)19-18(21)7-5-14(20)17-3-2-10-24-17/h2-4,6,10-12H,5,7-9H2,1H3,(H,19,21). The second-order valence-electron chi connectivity index (χ2n) is 5.59. The molecule has 2 heterocycles. The highest BCUT2D eigenvalue weighted by Crippen LogP contribution is 2.32. The SMILES string of the molecule is CC(NC(=O)CCC(=O)c1cccs1)c1ccc2c(c1)OCCO2. The molecule has 6 heteroatoms. The van der Waals surface area contributed by atoms with Gasteiger partial charge in [-0.15, -0.1) is 11.3 Å². The van der Waals surface area contributed by atoms with Gasteiger partial charge in [-0.25, -0.2) is 0 Å². The molecule has 1 N–H and O–H groups in total. The van der Waals surface area contributed by atoms with Crippen molar-refractivity contribution >= 4 is 23.0 Å². The number of Topliss-reactive ketones (excluding diaryl/α,β-unsaturated/α-hetero) is 1. The monoisotopic (exact) mass is 345 g/mol. The van der Waals surface area contributed by atoms with Crippen LogP contribution in [0.3, 0.4) is 0 Å². The summed E-state index contributed by atoms with van der Waals surface area (Å²) in [6, 6.07) is 9.10. The van der Waals surface area contributed by atoms with E-state index in [0.717, 1.165) is 11.3 Å². The summed E-state index contributed by atoms with van der Waals surface area (Å²) in [5.74, 6) is 1.30. The molecule has 0 spiro atoms. The molecule has 2 aromatic rings. The van der Waals surface area contributed by atoms with Gasteiger partial charge in [0.25, 0.3) is 0 Å². The zero-order valence-corrected chi connectivity index (χ0v) is 14.2. The van der Waals surface area contributed by atoms with Gasteiger partial charge in [-0.1, -0.05) is 12.1 Å². The minimum Gasteiger partial charge on any atom is -0.486 e. The number of ketones is 1. The zero-order valence-electron chi connectivity index (χ0n) is 13.4. The van der Waals surface area contributed by atoms with Gasteiger partial charge >= 0.3 is 0 Å². The molecule has 0 radical (unpaired) electrons. The summed E-state index contributed by atoms with van der Waals surface area (Å²) in [5.41, 5.74) is 0.942. The Balaban J connectivity index is 1.53. The first kappa shape index (κ1) is 16.5. The Labute approximate surface area is 144 Å². The highest BCUT2D eigenvalue weighted by atomic mass is 32.1. The van der Waals surface area contributed by atoms with E-state index in [2.05, 4.69) is 5.32 Å². The van der Waals surface area contributed by atoms with Crippen LogP contribution in [-0.4, -0.2) is 24.9 Å². The van der Waals surface area contributed by atoms with Gasteiger partial charge in [-0.2, -0.15) is 0 Å². The molecule has 1 amide bonds. The second-order valence-corrected chi connectivity index (χ2v) is 6.54. The van der Waals surface area contributed by atoms with E-state index >= 15 is 0 Å². The van der Waals surface area contributed by atoms with Crippen molar-refractivity contribution in [3.63, 3.8) is 0 Å². The predicted molar refractivity (Wildman–Crippen MR) is 91.9 cm³/mol. The molecule has 1 aromatic heterocycles. The molecule has 1 atom stereocenters. The Morgan fingerprint density at radius 1 is 1.17 bits per heavy atom. The number of hydrogen-bond donors (Lipinski definition) is 1. The lowest BCUT2D eigenvalue weighted by Gasteiger charge is -2.21. The Morgan fingerprint density at radius 2 is 1.96 bits per heavy atom. The van der Waals surface area contributed by atoms with Gasteiger partial charge in [0.15, 0.2) is 17.3 Å². The topological polar surface area (TPSA) is 64.6 Å². The molecular formula is C18H19NO4S. The molecule has 126 valence electrons. The molecular weight excluding hydrogens is 326 g/mol. The van der Waals surface area contributed by atoms with Crippen LogP contribution in [0.1, 0.15) is 41.0 Å². The van der Waals surface area contributed by atoms with E-state index in [1.807, 2.05) is 36.6 Å². The van der Waals surface area contributed by atoms with Gasteiger partial charge in [-0.05, 0) is 36.1 Å². The van der Waals surface area contributed by atoms with E-state index in [1.165, 1.54) is 11.3 Å². The fourth-order valence-corrected chi connectivity index (χ4v) is 3.21. The highest BCUT2D eigenvalue weighted by molar-refractivity contribution is 7.12. The van der Waals surface area contributed by atoms with Crippen LogP contribution in [0.5, 0.6) is 11.5 Å². The smallest absolute Gasteiger partial charge is 0.220 e. The van der Waals surface area contributed by atoms with Crippen molar-refractivity contribution in [3.05, 3.63) is 46.2 Å². The van der Waals surface area contributed by atoms with Crippen LogP contribution in [0.2, 0.25) is 0 Å². The Kier molecular flexibility index (Phi) is 5.15. The Hall–Kier alpha value is -2.34. The third kappa shape index (κ3) is 3.94. The summed E-state index contributed by atoms with van der Waals surface area (Å²) >= 11 is 1.40. The van der Waals surface area contributed by atoms with Crippen LogP contribution < -0.4 is 14.8 Å². The lowest BCUT2D eigenvalue weighted by atomic mass is 10.1. The van der Waals surface area contributed by atoms with Crippen LogP contribution in [0.15, 0.2) is 35.7 Å². The van der Waals surface area contributed by atoms with Crippen LogP contribution in [-0.2, 0) is 4.79 Å². The van der Waals surface area contributed by atoms with Crippen molar-refractivity contribution < 1.29 is 19.1 Å². The highest BCUT2D eigenvalue weighted by Gasteiger charge is 2.16. The van der Waals surface area contributed by atoms with Crippen LogP contribution >= 0.6 is 11.3 Å². The van der Waals surface area contributed by atoms with E-state index < -0.39 is 0 Å². The number of amides is 1. The number of fused-ring (bicyclic) bond motifs is 1. The van der Waals surface area contributed by atoms with E-state index in [1.54, 1.807) is 6.07 Å². The van der Waals surface area contributed by atoms with E-state index in [0.29, 0.717) is 23.8 Å². The molecule has 5 nitrogen and oxygen atoms in total. The van der Waals surface area contributed by atoms with Gasteiger partial charge in [0.1, 0.15) is 13.2 Å². The summed E-state index contributed by atoms with van der Waals surface area (Å²) in [4.78, 5) is 24.7. The first-order valence-electron chi connectivity index (χ1n) is 7.89. The van der Waals surface area contributed by atoms with Crippen molar-refractivity contribution in [2.75, 3.05) is 13.2 Å². The van der Waals surface area contributed by atoms with E-state index in [9.17, 15) is 9.59 Å². The van der Waals surface area contributed by atoms with Crippen LogP contribution in [0.25, 0.3) is 0 Å². The average molecular weight is 345 g/mol. The maximum Gasteiger partial charge on any atom is 0.220 e. The molecule has 1 aliphatic rings. The van der Waals surface area contributed by atoms with Crippen molar-refractivity contribution in [2.45, 2.75) is 25.8 Å². The van der Waals surface area contributed by atoms with Gasteiger partial charge < -0.3 is 14.8 Å². The average Bonchev–Trinajstić information content (AvgIpc) is 3.14. The summed E-state index contributed by atoms with van der Waals surface area (Å²) in [7, 11) is 0. The number of carbonyl (C=O) groups is 2. The van der Waals surface area contributed by atoms with Crippen molar-refractivity contribution in [3.8, 4) is 11.5 Å². The quantitative estimate of drug-likeness (QED) is 0.816. The summed E-state index contributed by atoms with van der Waals surface area (Å²) < 4.78 is 11.0. The lowest BCUT2D eigenvalue weighted by molar-refractivity contribution is -0.121. The maximum absolute atomic E-state index is 12.1. The van der Waals surface area contributed by atoms with E-state index in [-0.39, 0.29) is 30.6 Å². The van der Waals surface area contributed by atoms with Crippen LogP contribution in [0.4, 0.5) is 0 Å². The summed E-state index contributed by atoms with van der Waals surface area (Å²) in [5, 5.41) is 4.78. The van der Waals surface area contributed by atoms with Gasteiger partial charge in [0.2, 0.25) is 5.91 Å². The molecule has 0 bridgehead atoms. The van der Waals surface area contributed by atoms with Crippen molar-refractivity contribution in [2.24, 2.45) is 0 Å². The molecule has 0 saturated heterocycles. The van der Waals surface area contributed by atoms with Crippen LogP contribution in [0, 0.1) is 0 Å². The molecule has 24 heavy (non-hydrogen) atoms. The minimum absolute atomic E-state index is 0.00660. The van der Waals surface area contributed by atoms with Crippen molar-refractivity contribution in [1.82, 2.24) is 5.32 Å². The van der Waals surface area contributed by atoms with Gasteiger partial charge in [0, 0.05) is 12.8 Å². The molecule has 0 saturated carbocycles. The molecule has 1 aromatic carbocycles. The summed E-state index contributed by atoms with van der Waals surface area (Å²) in [6.07, 6.45) is 0.409. The first-order chi connectivity index (χ1) is 11.6. The molecule has 0 fully saturated rings. The molecule has 3 rings (SSSR count). The first-order valence-corrected chi connectivity index (χ1v) is 8.77. The number of hydrogen-bond acceptors (Lipinski definition) is 5. The number of carbonyl (C=O) groups excluding carboxylic acids is 2. The fraction of sp³-hybridized carbons (Fsp3) is 0.333. The Bertz CT molecular complexity index is 727. The fourth-order valence-electron chi connectivity index (χ4n) is 2.51. The third-order valence-electron chi connectivity index (χ3n) is 3.82. The Morgan fingerprint density at radius 3 is 2.71 bits per heavy atom.